The minimum Gasteiger partial charge on any atom is -0.466 e. The number of hydrogen-bond acceptors (Lipinski definition) is 6. The Balaban J connectivity index is 1.83. The molecule has 8 nitrogen and oxygen atoms in total. The number of rotatable bonds is 4. The van der Waals surface area contributed by atoms with Crippen LogP contribution in [-0.2, 0) is 27.9 Å². The first kappa shape index (κ1) is 18.4. The fourth-order valence-corrected chi connectivity index (χ4v) is 4.11. The van der Waals surface area contributed by atoms with Gasteiger partial charge >= 0.3 is 11.7 Å². The number of amides is 1. The number of carbonyl (C=O) groups is 2. The van der Waals surface area contributed by atoms with Gasteiger partial charge in [-0.3, -0.25) is 23.5 Å². The summed E-state index contributed by atoms with van der Waals surface area (Å²) in [5.74, 6) is -0.859. The third kappa shape index (κ3) is 3.31. The van der Waals surface area contributed by atoms with E-state index in [1.165, 1.54) is 23.0 Å². The minimum atomic E-state index is -0.520. The maximum absolute atomic E-state index is 12.7. The van der Waals surface area contributed by atoms with Crippen LogP contribution in [0.3, 0.4) is 0 Å². The Morgan fingerprint density at radius 3 is 2.85 bits per heavy atom. The Labute approximate surface area is 153 Å². The van der Waals surface area contributed by atoms with Gasteiger partial charge < -0.3 is 9.64 Å². The van der Waals surface area contributed by atoms with Crippen molar-refractivity contribution in [3.63, 3.8) is 0 Å². The molecule has 3 rings (SSSR count). The first-order valence-corrected chi connectivity index (χ1v) is 9.43. The zero-order chi connectivity index (χ0) is 18.8. The van der Waals surface area contributed by atoms with Crippen LogP contribution in [-0.4, -0.2) is 45.6 Å². The molecule has 0 unspecified atom stereocenters. The van der Waals surface area contributed by atoms with Gasteiger partial charge in [0.15, 0.2) is 0 Å². The highest BCUT2D eigenvalue weighted by molar-refractivity contribution is 7.17. The van der Waals surface area contributed by atoms with E-state index in [2.05, 4.69) is 0 Å². The van der Waals surface area contributed by atoms with Crippen molar-refractivity contribution in [2.45, 2.75) is 26.3 Å². The summed E-state index contributed by atoms with van der Waals surface area (Å²) in [5.41, 5.74) is -0.410. The van der Waals surface area contributed by atoms with Gasteiger partial charge in [-0.05, 0) is 31.2 Å². The van der Waals surface area contributed by atoms with E-state index in [0.29, 0.717) is 42.8 Å². The summed E-state index contributed by atoms with van der Waals surface area (Å²) in [6, 6.07) is 1.67. The number of carbonyl (C=O) groups excluding carboxylic acids is 2. The zero-order valence-corrected chi connectivity index (χ0v) is 15.6. The number of thiophene rings is 1. The molecule has 2 aromatic heterocycles. The molecule has 1 aliphatic heterocycles. The van der Waals surface area contributed by atoms with Gasteiger partial charge in [-0.15, -0.1) is 11.3 Å². The highest BCUT2D eigenvalue weighted by Gasteiger charge is 2.29. The molecule has 3 heterocycles. The Morgan fingerprint density at radius 2 is 2.12 bits per heavy atom. The summed E-state index contributed by atoms with van der Waals surface area (Å²) in [6.45, 7) is 2.75. The molecule has 1 saturated heterocycles. The van der Waals surface area contributed by atoms with E-state index in [0.717, 1.165) is 4.57 Å². The molecule has 26 heavy (non-hydrogen) atoms. The average molecular weight is 379 g/mol. The van der Waals surface area contributed by atoms with Gasteiger partial charge in [-0.1, -0.05) is 0 Å². The van der Waals surface area contributed by atoms with Crippen LogP contribution in [0.4, 0.5) is 0 Å². The number of likely N-dealkylation sites (tertiary alicyclic amines) is 1. The number of nitrogens with zero attached hydrogens (tertiary/aromatic N) is 3. The largest absolute Gasteiger partial charge is 0.466 e. The van der Waals surface area contributed by atoms with E-state index in [9.17, 15) is 19.2 Å². The van der Waals surface area contributed by atoms with E-state index < -0.39 is 5.69 Å². The Bertz CT molecular complexity index is 957. The van der Waals surface area contributed by atoms with Crippen LogP contribution in [0.1, 0.15) is 19.8 Å². The number of hydrogen-bond donors (Lipinski definition) is 0. The maximum atomic E-state index is 12.7. The van der Waals surface area contributed by atoms with E-state index in [1.807, 2.05) is 0 Å². The van der Waals surface area contributed by atoms with Crippen molar-refractivity contribution < 1.29 is 14.3 Å². The molecule has 0 saturated carbocycles. The normalized spacial score (nSPS) is 17.5. The number of esters is 1. The predicted molar refractivity (Wildman–Crippen MR) is 97.3 cm³/mol. The van der Waals surface area contributed by atoms with Crippen LogP contribution in [0.5, 0.6) is 0 Å². The van der Waals surface area contributed by atoms with Crippen molar-refractivity contribution in [2.24, 2.45) is 13.0 Å². The third-order valence-electron chi connectivity index (χ3n) is 4.64. The Morgan fingerprint density at radius 1 is 1.35 bits per heavy atom. The van der Waals surface area contributed by atoms with E-state index in [4.69, 9.17) is 4.74 Å². The second-order valence-corrected chi connectivity index (χ2v) is 7.21. The molecule has 0 aromatic carbocycles. The molecule has 0 bridgehead atoms. The molecule has 0 spiro atoms. The molecule has 9 heteroatoms. The van der Waals surface area contributed by atoms with Gasteiger partial charge in [-0.2, -0.15) is 0 Å². The number of aromatic nitrogens is 2. The van der Waals surface area contributed by atoms with Crippen LogP contribution >= 0.6 is 11.3 Å². The first-order valence-electron chi connectivity index (χ1n) is 8.55. The first-order chi connectivity index (χ1) is 12.4. The lowest BCUT2D eigenvalue weighted by Gasteiger charge is -2.31. The third-order valence-corrected chi connectivity index (χ3v) is 5.53. The maximum Gasteiger partial charge on any atom is 0.331 e. The van der Waals surface area contributed by atoms with Crippen molar-refractivity contribution in [3.8, 4) is 0 Å². The van der Waals surface area contributed by atoms with Crippen molar-refractivity contribution in [2.75, 3.05) is 19.7 Å². The standard InChI is InChI=1S/C17H21N3O5S/c1-3-25-16(23)11-5-4-7-19(9-11)13(21)10-20-12-6-8-26-14(12)15(22)18(2)17(20)24/h6,8,11H,3-5,7,9-10H2,1-2H3/t11-/m1/s1. The van der Waals surface area contributed by atoms with Crippen LogP contribution in [0.15, 0.2) is 21.0 Å². The van der Waals surface area contributed by atoms with Gasteiger partial charge in [0.1, 0.15) is 11.2 Å². The van der Waals surface area contributed by atoms with Crippen LogP contribution in [0.25, 0.3) is 10.2 Å². The van der Waals surface area contributed by atoms with Crippen molar-refractivity contribution in [1.29, 1.82) is 0 Å². The van der Waals surface area contributed by atoms with Crippen LogP contribution in [0.2, 0.25) is 0 Å². The zero-order valence-electron chi connectivity index (χ0n) is 14.8. The SMILES string of the molecule is CCOC(=O)[C@@H]1CCCN(C(=O)Cn2c(=O)n(C)c(=O)c3sccc32)C1. The number of piperidine rings is 1. The molecule has 0 aliphatic carbocycles. The lowest BCUT2D eigenvalue weighted by Crippen LogP contribution is -2.46. The topological polar surface area (TPSA) is 90.6 Å². The monoisotopic (exact) mass is 379 g/mol. The minimum absolute atomic E-state index is 0.157. The summed E-state index contributed by atoms with van der Waals surface area (Å²) >= 11 is 1.24. The fraction of sp³-hybridized carbons (Fsp3) is 0.529. The lowest BCUT2D eigenvalue weighted by molar-refractivity contribution is -0.151. The summed E-state index contributed by atoms with van der Waals surface area (Å²) in [7, 11) is 1.41. The van der Waals surface area contributed by atoms with Gasteiger partial charge in [-0.25, -0.2) is 4.79 Å². The summed E-state index contributed by atoms with van der Waals surface area (Å²) in [6.07, 6.45) is 1.41. The molecular weight excluding hydrogens is 358 g/mol. The highest BCUT2D eigenvalue weighted by Crippen LogP contribution is 2.19. The average Bonchev–Trinajstić information content (AvgIpc) is 3.13. The second kappa shape index (κ2) is 7.45. The molecule has 1 aliphatic rings. The Hall–Kier alpha value is -2.42. The van der Waals surface area contributed by atoms with Gasteiger partial charge in [0.2, 0.25) is 5.91 Å². The molecule has 1 atom stereocenters. The van der Waals surface area contributed by atoms with E-state index >= 15 is 0 Å². The van der Waals surface area contributed by atoms with Gasteiger partial charge in [0.05, 0.1) is 18.0 Å². The quantitative estimate of drug-likeness (QED) is 0.724. The van der Waals surface area contributed by atoms with Crippen LogP contribution in [0, 0.1) is 5.92 Å². The van der Waals surface area contributed by atoms with Crippen molar-refractivity contribution in [1.82, 2.24) is 14.0 Å². The summed E-state index contributed by atoms with van der Waals surface area (Å²) in [4.78, 5) is 50.9. The predicted octanol–water partition coefficient (Wildman–Crippen LogP) is 0.563. The van der Waals surface area contributed by atoms with Crippen molar-refractivity contribution >= 4 is 33.4 Å². The molecule has 0 radical (unpaired) electrons. The molecular formula is C17H21N3O5S. The Kier molecular flexibility index (Phi) is 5.26. The second-order valence-electron chi connectivity index (χ2n) is 6.30. The van der Waals surface area contributed by atoms with Crippen LogP contribution < -0.4 is 11.2 Å². The molecule has 140 valence electrons. The smallest absolute Gasteiger partial charge is 0.331 e. The molecule has 2 aromatic rings. The number of ether oxygens (including phenoxy) is 1. The summed E-state index contributed by atoms with van der Waals surface area (Å²) in [5, 5.41) is 1.73. The summed E-state index contributed by atoms with van der Waals surface area (Å²) < 4.78 is 7.84. The van der Waals surface area contributed by atoms with Gasteiger partial charge in [0.25, 0.3) is 5.56 Å². The molecule has 1 fully saturated rings. The van der Waals surface area contributed by atoms with Crippen molar-refractivity contribution in [3.05, 3.63) is 32.3 Å². The fourth-order valence-electron chi connectivity index (χ4n) is 3.24. The molecule has 1 amide bonds. The van der Waals surface area contributed by atoms with E-state index in [-0.39, 0.29) is 29.9 Å². The van der Waals surface area contributed by atoms with Gasteiger partial charge in [0, 0.05) is 20.1 Å². The lowest BCUT2D eigenvalue weighted by atomic mass is 9.98. The molecule has 0 N–H and O–H groups in total. The highest BCUT2D eigenvalue weighted by atomic mass is 32.1. The number of fused-ring (bicyclic) bond motifs is 1. The van der Waals surface area contributed by atoms with E-state index in [1.54, 1.807) is 23.3 Å².